The lowest BCUT2D eigenvalue weighted by Gasteiger charge is -2.04. The number of hydrogen-bond donors (Lipinski definition) is 1. The molecule has 2 aromatic rings. The van der Waals surface area contributed by atoms with E-state index in [2.05, 4.69) is 15.1 Å². The smallest absolute Gasteiger partial charge is 0.356 e. The molecular weight excluding hydrogens is 244 g/mol. The normalized spacial score (nSPS) is 23.0. The maximum Gasteiger partial charge on any atom is 0.356 e. The lowest BCUT2D eigenvalue weighted by atomic mass is 10.1. The van der Waals surface area contributed by atoms with Gasteiger partial charge in [0.1, 0.15) is 0 Å². The second-order valence-electron chi connectivity index (χ2n) is 5.25. The van der Waals surface area contributed by atoms with E-state index in [0.717, 1.165) is 29.8 Å². The van der Waals surface area contributed by atoms with Gasteiger partial charge in [0.25, 0.3) is 0 Å². The SMILES string of the molecule is Cc1cnc(-n2nc(C(=O)O)c3c2[C@@H]2C[C@@H]2C3)cn1. The van der Waals surface area contributed by atoms with Crippen molar-refractivity contribution in [2.45, 2.75) is 25.7 Å². The Morgan fingerprint density at radius 2 is 2.26 bits per heavy atom. The van der Waals surface area contributed by atoms with Gasteiger partial charge in [-0.25, -0.2) is 14.5 Å². The summed E-state index contributed by atoms with van der Waals surface area (Å²) in [5, 5.41) is 13.5. The summed E-state index contributed by atoms with van der Waals surface area (Å²) >= 11 is 0. The molecule has 1 saturated carbocycles. The molecule has 2 aliphatic carbocycles. The van der Waals surface area contributed by atoms with E-state index in [9.17, 15) is 9.90 Å². The van der Waals surface area contributed by atoms with Gasteiger partial charge in [0.15, 0.2) is 11.5 Å². The molecule has 96 valence electrons. The van der Waals surface area contributed by atoms with Crippen LogP contribution in [0.4, 0.5) is 0 Å². The van der Waals surface area contributed by atoms with Crippen molar-refractivity contribution >= 4 is 5.97 Å². The molecule has 0 unspecified atom stereocenters. The molecule has 19 heavy (non-hydrogen) atoms. The third-order valence-corrected chi connectivity index (χ3v) is 3.95. The van der Waals surface area contributed by atoms with E-state index in [4.69, 9.17) is 0 Å². The Morgan fingerprint density at radius 1 is 1.42 bits per heavy atom. The Balaban J connectivity index is 1.91. The van der Waals surface area contributed by atoms with Crippen LogP contribution in [0.25, 0.3) is 5.82 Å². The van der Waals surface area contributed by atoms with Crippen molar-refractivity contribution < 1.29 is 9.90 Å². The maximum absolute atomic E-state index is 11.3. The molecule has 4 rings (SSSR count). The standard InChI is InChI=1S/C13H12N4O2/c1-6-4-15-10(5-14-6)17-12-8-2-7(8)3-9(12)11(16-17)13(18)19/h4-5,7-8H,2-3H2,1H3,(H,18,19)/t7-,8-/m1/s1. The molecule has 0 aliphatic heterocycles. The number of fused-ring (bicyclic) bond motifs is 3. The molecule has 0 saturated heterocycles. The molecule has 0 amide bonds. The van der Waals surface area contributed by atoms with Crippen LogP contribution in [-0.4, -0.2) is 30.8 Å². The van der Waals surface area contributed by atoms with Gasteiger partial charge >= 0.3 is 5.97 Å². The molecule has 2 aromatic heterocycles. The Kier molecular flexibility index (Phi) is 1.91. The molecule has 1 N–H and O–H groups in total. The van der Waals surface area contributed by atoms with Gasteiger partial charge in [-0.2, -0.15) is 5.10 Å². The molecular formula is C13H12N4O2. The van der Waals surface area contributed by atoms with Crippen LogP contribution in [-0.2, 0) is 6.42 Å². The first-order valence-corrected chi connectivity index (χ1v) is 6.29. The number of aromatic carboxylic acids is 1. The van der Waals surface area contributed by atoms with Crippen LogP contribution in [0.2, 0.25) is 0 Å². The van der Waals surface area contributed by atoms with E-state index < -0.39 is 5.97 Å². The van der Waals surface area contributed by atoms with Gasteiger partial charge in [0, 0.05) is 11.5 Å². The summed E-state index contributed by atoms with van der Waals surface area (Å²) in [6, 6.07) is 0. The van der Waals surface area contributed by atoms with Crippen molar-refractivity contribution in [2.75, 3.05) is 0 Å². The molecule has 2 aliphatic rings. The van der Waals surface area contributed by atoms with Crippen molar-refractivity contribution in [1.82, 2.24) is 19.7 Å². The van der Waals surface area contributed by atoms with Crippen LogP contribution in [0.3, 0.4) is 0 Å². The number of nitrogens with zero attached hydrogens (tertiary/aromatic N) is 4. The predicted octanol–water partition coefficient (Wildman–Crippen LogP) is 1.33. The van der Waals surface area contributed by atoms with Crippen molar-refractivity contribution in [2.24, 2.45) is 5.92 Å². The summed E-state index contributed by atoms with van der Waals surface area (Å²) in [6.07, 6.45) is 5.28. The zero-order valence-corrected chi connectivity index (χ0v) is 10.4. The topological polar surface area (TPSA) is 80.9 Å². The number of rotatable bonds is 2. The fourth-order valence-corrected chi connectivity index (χ4v) is 2.96. The lowest BCUT2D eigenvalue weighted by molar-refractivity contribution is 0.0688. The van der Waals surface area contributed by atoms with Crippen LogP contribution < -0.4 is 0 Å². The quantitative estimate of drug-likeness (QED) is 0.876. The number of aryl methyl sites for hydroxylation is 1. The molecule has 2 atom stereocenters. The summed E-state index contributed by atoms with van der Waals surface area (Å²) < 4.78 is 1.67. The van der Waals surface area contributed by atoms with Gasteiger partial charge in [-0.15, -0.1) is 0 Å². The minimum atomic E-state index is -0.962. The molecule has 0 spiro atoms. The zero-order valence-electron chi connectivity index (χ0n) is 10.4. The molecule has 0 aromatic carbocycles. The monoisotopic (exact) mass is 256 g/mol. The Bertz CT molecular complexity index is 689. The molecule has 0 radical (unpaired) electrons. The highest BCUT2D eigenvalue weighted by Gasteiger charge is 2.50. The van der Waals surface area contributed by atoms with Gasteiger partial charge in [-0.3, -0.25) is 4.98 Å². The summed E-state index contributed by atoms with van der Waals surface area (Å²) in [4.78, 5) is 19.8. The van der Waals surface area contributed by atoms with Crippen LogP contribution >= 0.6 is 0 Å². The zero-order chi connectivity index (χ0) is 13.1. The van der Waals surface area contributed by atoms with Crippen molar-refractivity contribution in [3.63, 3.8) is 0 Å². The van der Waals surface area contributed by atoms with Crippen molar-refractivity contribution in [3.8, 4) is 5.82 Å². The second kappa shape index (κ2) is 3.40. The number of carbonyl (C=O) groups is 1. The Morgan fingerprint density at radius 3 is 2.95 bits per heavy atom. The minimum Gasteiger partial charge on any atom is -0.476 e. The number of hydrogen-bond acceptors (Lipinski definition) is 4. The van der Waals surface area contributed by atoms with Gasteiger partial charge in [0.2, 0.25) is 0 Å². The van der Waals surface area contributed by atoms with E-state index in [-0.39, 0.29) is 5.69 Å². The minimum absolute atomic E-state index is 0.171. The van der Waals surface area contributed by atoms with Gasteiger partial charge < -0.3 is 5.11 Å². The Hall–Kier alpha value is -2.24. The number of carboxylic acids is 1. The molecule has 6 nitrogen and oxygen atoms in total. The van der Waals surface area contributed by atoms with E-state index in [1.54, 1.807) is 17.1 Å². The molecule has 2 heterocycles. The van der Waals surface area contributed by atoms with Gasteiger partial charge in [0.05, 0.1) is 23.8 Å². The van der Waals surface area contributed by atoms with E-state index in [1.165, 1.54) is 0 Å². The van der Waals surface area contributed by atoms with Crippen LogP contribution in [0.15, 0.2) is 12.4 Å². The van der Waals surface area contributed by atoms with E-state index >= 15 is 0 Å². The molecule has 0 bridgehead atoms. The highest BCUT2D eigenvalue weighted by Crippen LogP contribution is 2.57. The highest BCUT2D eigenvalue weighted by molar-refractivity contribution is 5.88. The average molecular weight is 256 g/mol. The van der Waals surface area contributed by atoms with E-state index in [1.807, 2.05) is 6.92 Å². The number of aromatic nitrogens is 4. The first-order valence-electron chi connectivity index (χ1n) is 6.29. The van der Waals surface area contributed by atoms with Crippen LogP contribution in [0.1, 0.15) is 39.8 Å². The lowest BCUT2D eigenvalue weighted by Crippen LogP contribution is -2.06. The first kappa shape index (κ1) is 10.7. The van der Waals surface area contributed by atoms with Crippen LogP contribution in [0.5, 0.6) is 0 Å². The van der Waals surface area contributed by atoms with Crippen LogP contribution in [0, 0.1) is 12.8 Å². The highest BCUT2D eigenvalue weighted by atomic mass is 16.4. The van der Waals surface area contributed by atoms with Crippen molar-refractivity contribution in [1.29, 1.82) is 0 Å². The number of carboxylic acid groups (broad SMARTS) is 1. The third kappa shape index (κ3) is 1.43. The van der Waals surface area contributed by atoms with Crippen molar-refractivity contribution in [3.05, 3.63) is 35.0 Å². The largest absolute Gasteiger partial charge is 0.476 e. The predicted molar refractivity (Wildman–Crippen MR) is 65.4 cm³/mol. The summed E-state index contributed by atoms with van der Waals surface area (Å²) in [5.74, 6) is 0.702. The second-order valence-corrected chi connectivity index (χ2v) is 5.25. The summed E-state index contributed by atoms with van der Waals surface area (Å²) in [7, 11) is 0. The fourth-order valence-electron chi connectivity index (χ4n) is 2.96. The Labute approximate surface area is 109 Å². The molecule has 1 fully saturated rings. The molecule has 6 heteroatoms. The average Bonchev–Trinajstić information content (AvgIpc) is 2.89. The third-order valence-electron chi connectivity index (χ3n) is 3.95. The van der Waals surface area contributed by atoms with Gasteiger partial charge in [-0.1, -0.05) is 0 Å². The first-order chi connectivity index (χ1) is 9.15. The van der Waals surface area contributed by atoms with E-state index in [0.29, 0.717) is 17.7 Å². The fraction of sp³-hybridized carbons (Fsp3) is 0.385. The van der Waals surface area contributed by atoms with Gasteiger partial charge in [-0.05, 0) is 25.7 Å². The summed E-state index contributed by atoms with van der Waals surface area (Å²) in [5.41, 5.74) is 2.91. The maximum atomic E-state index is 11.3. The summed E-state index contributed by atoms with van der Waals surface area (Å²) in [6.45, 7) is 1.86.